The van der Waals surface area contributed by atoms with Gasteiger partial charge in [0.05, 0.1) is 5.52 Å². The van der Waals surface area contributed by atoms with Gasteiger partial charge in [-0.05, 0) is 23.4 Å². The van der Waals surface area contributed by atoms with Crippen molar-refractivity contribution < 1.29 is 9.50 Å². The fourth-order valence-electron chi connectivity index (χ4n) is 1.43. The lowest BCUT2D eigenvalue weighted by atomic mass is 10.2. The first-order valence-corrected chi connectivity index (χ1v) is 4.47. The second kappa shape index (κ2) is 3.78. The van der Waals surface area contributed by atoms with Gasteiger partial charge < -0.3 is 10.1 Å². The van der Waals surface area contributed by atoms with Crippen molar-refractivity contribution in [2.75, 3.05) is 0 Å². The lowest BCUT2D eigenvalue weighted by Gasteiger charge is -1.95. The topological polar surface area (TPSA) is 99.6 Å². The summed E-state index contributed by atoms with van der Waals surface area (Å²) in [5.41, 5.74) is -3.42. The highest BCUT2D eigenvalue weighted by atomic mass is 19.1. The van der Waals surface area contributed by atoms with Crippen LogP contribution in [0.1, 0.15) is 0 Å². The maximum atomic E-state index is 12.9. The number of aromatic amines is 1. The highest BCUT2D eigenvalue weighted by Gasteiger charge is 2.13. The van der Waals surface area contributed by atoms with Crippen LogP contribution in [0.5, 0.6) is 5.75 Å². The molecule has 0 saturated heterocycles. The van der Waals surface area contributed by atoms with Crippen molar-refractivity contribution in [2.24, 2.45) is 5.18 Å². The smallest absolute Gasteiger partial charge is 0.298 e. The van der Waals surface area contributed by atoms with Crippen LogP contribution in [0, 0.1) is 10.7 Å². The first kappa shape index (κ1) is 10.9. The van der Waals surface area contributed by atoms with Gasteiger partial charge in [0.1, 0.15) is 5.82 Å². The number of nitrogens with one attached hydrogen (secondary N) is 1. The number of rotatable bonds is 1. The van der Waals surface area contributed by atoms with E-state index in [2.05, 4.69) is 10.2 Å². The summed E-state index contributed by atoms with van der Waals surface area (Å²) in [4.78, 5) is 35.1. The molecular weight excluding hydrogens is 231 g/mol. The summed E-state index contributed by atoms with van der Waals surface area (Å²) < 4.78 is 12.9. The van der Waals surface area contributed by atoms with Crippen molar-refractivity contribution in [1.29, 1.82) is 0 Å². The molecule has 2 aromatic rings. The van der Waals surface area contributed by atoms with Gasteiger partial charge in [-0.25, -0.2) is 4.39 Å². The summed E-state index contributed by atoms with van der Waals surface area (Å²) in [6.07, 6.45) is 0. The number of H-pyrrole nitrogens is 1. The molecule has 1 aromatic carbocycles. The van der Waals surface area contributed by atoms with Crippen molar-refractivity contribution in [3.63, 3.8) is 0 Å². The van der Waals surface area contributed by atoms with Gasteiger partial charge in [-0.3, -0.25) is 9.59 Å². The quantitative estimate of drug-likeness (QED) is 0.572. The Kier molecular flexibility index (Phi) is 2.43. The van der Waals surface area contributed by atoms with Gasteiger partial charge in [0, 0.05) is 5.39 Å². The average Bonchev–Trinajstić information content (AvgIpc) is 2.36. The third-order valence-electron chi connectivity index (χ3n) is 2.22. The van der Waals surface area contributed by atoms with Crippen LogP contribution < -0.4 is 11.0 Å². The molecule has 0 amide bonds. The second-order valence-electron chi connectivity index (χ2n) is 3.26. The Hall–Kier alpha value is -2.57. The maximum Gasteiger partial charge on any atom is 0.298 e. The van der Waals surface area contributed by atoms with E-state index in [1.807, 2.05) is 0 Å². The molecule has 0 radical (unpaired) electrons. The Morgan fingerprint density at radius 1 is 1.29 bits per heavy atom. The summed E-state index contributed by atoms with van der Waals surface area (Å²) in [6, 6.07) is 3.06. The van der Waals surface area contributed by atoms with Crippen molar-refractivity contribution in [2.45, 2.75) is 0 Å². The van der Waals surface area contributed by atoms with Gasteiger partial charge in [0.15, 0.2) is 5.75 Å². The van der Waals surface area contributed by atoms with Gasteiger partial charge in [-0.2, -0.15) is 0 Å². The molecule has 1 aromatic heterocycles. The molecule has 6 nitrogen and oxygen atoms in total. The Morgan fingerprint density at radius 3 is 2.65 bits per heavy atom. The SMILES string of the molecule is O=Nc1c(O)c2ccc(F)cc2[nH]c(=O)c1=O. The predicted octanol–water partition coefficient (Wildman–Crippen LogP) is 1.13. The Bertz CT molecular complexity index is 739. The molecule has 86 valence electrons. The van der Waals surface area contributed by atoms with Crippen molar-refractivity contribution in [3.8, 4) is 5.75 Å². The van der Waals surface area contributed by atoms with Gasteiger partial charge in [-0.1, -0.05) is 0 Å². The van der Waals surface area contributed by atoms with E-state index < -0.39 is 28.2 Å². The molecule has 17 heavy (non-hydrogen) atoms. The summed E-state index contributed by atoms with van der Waals surface area (Å²) in [7, 11) is 0. The number of aromatic nitrogens is 1. The second-order valence-corrected chi connectivity index (χ2v) is 3.26. The number of benzene rings is 1. The molecule has 0 aliphatic carbocycles. The molecule has 0 aliphatic rings. The highest BCUT2D eigenvalue weighted by molar-refractivity contribution is 5.87. The van der Waals surface area contributed by atoms with E-state index in [-0.39, 0.29) is 10.9 Å². The Morgan fingerprint density at radius 2 is 2.00 bits per heavy atom. The number of halogens is 1. The fraction of sp³-hybridized carbons (Fsp3) is 0. The maximum absolute atomic E-state index is 12.9. The van der Waals surface area contributed by atoms with E-state index >= 15 is 0 Å². The normalized spacial score (nSPS) is 10.4. The van der Waals surface area contributed by atoms with Crippen LogP contribution in [0.3, 0.4) is 0 Å². The van der Waals surface area contributed by atoms with Gasteiger partial charge in [0.25, 0.3) is 11.0 Å². The van der Waals surface area contributed by atoms with E-state index in [0.29, 0.717) is 0 Å². The average molecular weight is 236 g/mol. The van der Waals surface area contributed by atoms with Crippen LogP contribution >= 0.6 is 0 Å². The number of fused-ring (bicyclic) bond motifs is 1. The fourth-order valence-corrected chi connectivity index (χ4v) is 1.43. The minimum Gasteiger partial charge on any atom is -0.505 e. The molecule has 0 spiro atoms. The van der Waals surface area contributed by atoms with Crippen LogP contribution in [-0.4, -0.2) is 10.1 Å². The predicted molar refractivity (Wildman–Crippen MR) is 57.9 cm³/mol. The zero-order chi connectivity index (χ0) is 12.6. The molecule has 2 N–H and O–H groups in total. The highest BCUT2D eigenvalue weighted by Crippen LogP contribution is 2.28. The summed E-state index contributed by atoms with van der Waals surface area (Å²) in [5.74, 6) is -1.41. The number of nitrogens with zero attached hydrogens (tertiary/aromatic N) is 1. The van der Waals surface area contributed by atoms with Crippen LogP contribution in [0.2, 0.25) is 0 Å². The molecule has 0 fully saturated rings. The van der Waals surface area contributed by atoms with Gasteiger partial charge in [0.2, 0.25) is 5.69 Å². The molecular formula is C10H5FN2O4. The minimum atomic E-state index is -1.27. The van der Waals surface area contributed by atoms with Gasteiger partial charge >= 0.3 is 0 Å². The van der Waals surface area contributed by atoms with Crippen molar-refractivity contribution in [1.82, 2.24) is 4.98 Å². The first-order chi connectivity index (χ1) is 8.04. The molecule has 2 rings (SSSR count). The zero-order valence-electron chi connectivity index (χ0n) is 8.23. The van der Waals surface area contributed by atoms with Crippen molar-refractivity contribution >= 4 is 16.6 Å². The van der Waals surface area contributed by atoms with Crippen LogP contribution in [0.15, 0.2) is 33.0 Å². The summed E-state index contributed by atoms with van der Waals surface area (Å²) >= 11 is 0. The van der Waals surface area contributed by atoms with Crippen LogP contribution in [0.25, 0.3) is 10.9 Å². The molecule has 7 heteroatoms. The molecule has 1 heterocycles. The Balaban J connectivity index is 3.17. The van der Waals surface area contributed by atoms with E-state index in [0.717, 1.165) is 18.2 Å². The first-order valence-electron chi connectivity index (χ1n) is 4.47. The van der Waals surface area contributed by atoms with E-state index in [9.17, 15) is 24.0 Å². The summed E-state index contributed by atoms with van der Waals surface area (Å²) in [6.45, 7) is 0. The number of hydrogen-bond donors (Lipinski definition) is 2. The number of nitroso groups, excluding NO2 is 1. The van der Waals surface area contributed by atoms with Crippen LogP contribution in [0.4, 0.5) is 10.1 Å². The third-order valence-corrected chi connectivity index (χ3v) is 2.22. The molecule has 0 atom stereocenters. The largest absolute Gasteiger partial charge is 0.505 e. The van der Waals surface area contributed by atoms with E-state index in [1.54, 1.807) is 0 Å². The molecule has 0 bridgehead atoms. The van der Waals surface area contributed by atoms with Crippen molar-refractivity contribution in [3.05, 3.63) is 49.5 Å². The van der Waals surface area contributed by atoms with E-state index in [1.165, 1.54) is 0 Å². The zero-order valence-corrected chi connectivity index (χ0v) is 8.23. The van der Waals surface area contributed by atoms with E-state index in [4.69, 9.17) is 0 Å². The molecule has 0 saturated carbocycles. The summed E-state index contributed by atoms with van der Waals surface area (Å²) in [5, 5.41) is 11.9. The number of aromatic hydroxyl groups is 1. The molecule has 0 unspecified atom stereocenters. The molecule has 0 aliphatic heterocycles. The lowest BCUT2D eigenvalue weighted by Crippen LogP contribution is -2.22. The number of hydrogen-bond acceptors (Lipinski definition) is 5. The third kappa shape index (κ3) is 1.67. The monoisotopic (exact) mass is 236 g/mol. The standard InChI is InChI=1S/C10H5FN2O4/c11-4-1-2-5-6(3-4)12-10(16)9(15)7(13-17)8(5)14/h1-3,14H,(H,12,15,16). The minimum absolute atomic E-state index is 0.0415. The van der Waals surface area contributed by atoms with Gasteiger partial charge in [-0.15, -0.1) is 4.91 Å². The lowest BCUT2D eigenvalue weighted by molar-refractivity contribution is 0.483. The Labute approximate surface area is 92.3 Å². The van der Waals surface area contributed by atoms with Crippen LogP contribution in [-0.2, 0) is 0 Å².